The van der Waals surface area contributed by atoms with Gasteiger partial charge in [0.1, 0.15) is 4.90 Å². The standard InChI is InChI=1S/C20H16F5OS2/c1-13(26)14-9-10-20-18(11-14)17-7-2-3-8-19(17)27(20)15-5-4-6-16(12-15)28(21,22,23,24)25/h2-13,26H,1H3/q+1. The smallest absolute Gasteiger partial charge is 0.310 e. The summed E-state index contributed by atoms with van der Waals surface area (Å²) < 4.78 is 68.1. The lowest BCUT2D eigenvalue weighted by Gasteiger charge is -2.40. The van der Waals surface area contributed by atoms with Gasteiger partial charge in [0, 0.05) is 27.3 Å². The Labute approximate surface area is 160 Å². The predicted molar refractivity (Wildman–Crippen MR) is 107 cm³/mol. The second-order valence-corrected chi connectivity index (χ2v) is 11.1. The average Bonchev–Trinajstić information content (AvgIpc) is 2.93. The average molecular weight is 431 g/mol. The van der Waals surface area contributed by atoms with Gasteiger partial charge in [-0.3, -0.25) is 0 Å². The minimum Gasteiger partial charge on any atom is -0.389 e. The van der Waals surface area contributed by atoms with E-state index in [1.807, 2.05) is 12.1 Å². The summed E-state index contributed by atoms with van der Waals surface area (Å²) in [6, 6.07) is 16.0. The monoisotopic (exact) mass is 431 g/mol. The van der Waals surface area contributed by atoms with E-state index < -0.39 is 31.7 Å². The minimum absolute atomic E-state index is 0.182. The highest BCUT2D eigenvalue weighted by Gasteiger charge is 2.65. The van der Waals surface area contributed by atoms with Crippen LogP contribution in [0.5, 0.6) is 0 Å². The minimum atomic E-state index is -9.77. The molecule has 0 aliphatic rings. The molecule has 2 atom stereocenters. The lowest BCUT2D eigenvalue weighted by Crippen LogP contribution is -2.05. The predicted octanol–water partition coefficient (Wildman–Crippen LogP) is 8.44. The molecular formula is C20H16F5OS2+. The van der Waals surface area contributed by atoms with Crippen LogP contribution in [-0.4, -0.2) is 5.11 Å². The molecule has 0 aliphatic heterocycles. The summed E-state index contributed by atoms with van der Waals surface area (Å²) in [5, 5.41) is 11.5. The van der Waals surface area contributed by atoms with Crippen LogP contribution >= 0.6 is 20.7 Å². The summed E-state index contributed by atoms with van der Waals surface area (Å²) in [4.78, 5) is -1.70. The van der Waals surface area contributed by atoms with Crippen molar-refractivity contribution >= 4 is 40.9 Å². The molecule has 28 heavy (non-hydrogen) atoms. The Kier molecular flexibility index (Phi) is 3.74. The summed E-state index contributed by atoms with van der Waals surface area (Å²) in [7, 11) is -10.7. The molecule has 8 heteroatoms. The topological polar surface area (TPSA) is 20.2 Å². The van der Waals surface area contributed by atoms with E-state index >= 15 is 0 Å². The Morgan fingerprint density at radius 3 is 2.14 bits per heavy atom. The fraction of sp³-hybridized carbons (Fsp3) is 0.100. The number of thiophene rings is 1. The fourth-order valence-corrected chi connectivity index (χ4v) is 6.45. The first-order valence-electron chi connectivity index (χ1n) is 8.35. The van der Waals surface area contributed by atoms with Crippen molar-refractivity contribution in [3.63, 3.8) is 0 Å². The van der Waals surface area contributed by atoms with E-state index in [0.29, 0.717) is 17.7 Å². The number of rotatable bonds is 3. The molecule has 3 aromatic carbocycles. The molecule has 1 nitrogen and oxygen atoms in total. The van der Waals surface area contributed by atoms with Crippen molar-refractivity contribution in [1.29, 1.82) is 0 Å². The van der Waals surface area contributed by atoms with Crippen molar-refractivity contribution in [1.82, 2.24) is 0 Å². The third-order valence-electron chi connectivity index (χ3n) is 4.59. The first-order valence-corrected chi connectivity index (χ1v) is 11.5. The van der Waals surface area contributed by atoms with Crippen LogP contribution in [-0.2, 0) is 0 Å². The Balaban J connectivity index is 2.07. The lowest BCUT2D eigenvalue weighted by molar-refractivity contribution is 0.199. The molecule has 0 bridgehead atoms. The molecule has 2 unspecified atom stereocenters. The number of aliphatic hydroxyl groups excluding tert-OH is 1. The zero-order valence-electron chi connectivity index (χ0n) is 14.6. The third-order valence-corrected chi connectivity index (χ3v) is 8.05. The van der Waals surface area contributed by atoms with Crippen LogP contribution in [0, 0.1) is 0 Å². The van der Waals surface area contributed by atoms with Gasteiger partial charge in [0.05, 0.1) is 6.10 Å². The van der Waals surface area contributed by atoms with Crippen LogP contribution in [0.1, 0.15) is 18.6 Å². The van der Waals surface area contributed by atoms with Crippen molar-refractivity contribution < 1.29 is 24.5 Å². The molecule has 0 radical (unpaired) electrons. The first-order chi connectivity index (χ1) is 12.8. The molecule has 148 valence electrons. The number of aliphatic hydroxyl groups is 1. The molecule has 0 saturated carbocycles. The number of hydrogen-bond donors (Lipinski definition) is 1. The molecule has 0 saturated heterocycles. The maximum Gasteiger partial charge on any atom is 0.310 e. The summed E-state index contributed by atoms with van der Waals surface area (Å²) in [5.41, 5.74) is 0.680. The van der Waals surface area contributed by atoms with Crippen LogP contribution < -0.4 is 0 Å². The zero-order chi connectivity index (χ0) is 20.4. The van der Waals surface area contributed by atoms with Gasteiger partial charge in [-0.25, -0.2) is 0 Å². The van der Waals surface area contributed by atoms with Gasteiger partial charge >= 0.3 is 10.2 Å². The number of hydrogen-bond acceptors (Lipinski definition) is 1. The summed E-state index contributed by atoms with van der Waals surface area (Å²) in [5.74, 6) is 0. The maximum atomic E-state index is 13.3. The van der Waals surface area contributed by atoms with Crippen LogP contribution in [0.25, 0.3) is 25.1 Å². The molecular weight excluding hydrogens is 415 g/mol. The van der Waals surface area contributed by atoms with Gasteiger partial charge in [0.2, 0.25) is 0 Å². The molecule has 0 amide bonds. The van der Waals surface area contributed by atoms with E-state index in [4.69, 9.17) is 0 Å². The van der Waals surface area contributed by atoms with Crippen molar-refractivity contribution in [2.75, 3.05) is 0 Å². The van der Waals surface area contributed by atoms with Gasteiger partial charge in [-0.1, -0.05) is 43.7 Å². The highest BCUT2D eigenvalue weighted by Crippen LogP contribution is 3.02. The van der Waals surface area contributed by atoms with Crippen molar-refractivity contribution in [2.24, 2.45) is 0 Å². The molecule has 4 aromatic rings. The Bertz CT molecular complexity index is 1230. The van der Waals surface area contributed by atoms with Crippen molar-refractivity contribution in [3.05, 3.63) is 72.3 Å². The van der Waals surface area contributed by atoms with Crippen LogP contribution in [0.3, 0.4) is 0 Å². The van der Waals surface area contributed by atoms with Gasteiger partial charge in [-0.15, -0.1) is 0 Å². The van der Waals surface area contributed by atoms with Crippen LogP contribution in [0.15, 0.2) is 71.6 Å². The van der Waals surface area contributed by atoms with Crippen LogP contribution in [0.4, 0.5) is 19.4 Å². The van der Waals surface area contributed by atoms with E-state index in [2.05, 4.69) is 0 Å². The SMILES string of the molecule is CC(O)c1ccc2c(c1)c1ccccc1[s+]2-c1cccc(S(F)(F)(F)(F)F)c1. The van der Waals surface area contributed by atoms with E-state index in [0.717, 1.165) is 26.2 Å². The molecule has 1 N–H and O–H groups in total. The van der Waals surface area contributed by atoms with E-state index in [1.54, 1.807) is 37.3 Å². The van der Waals surface area contributed by atoms with Gasteiger partial charge in [0.15, 0.2) is 14.3 Å². The highest BCUT2D eigenvalue weighted by atomic mass is 32.5. The Hall–Kier alpha value is -2.16. The molecule has 0 aliphatic carbocycles. The number of benzene rings is 3. The molecule has 4 rings (SSSR count). The third kappa shape index (κ3) is 3.25. The molecule has 0 fully saturated rings. The molecule has 1 heterocycles. The largest absolute Gasteiger partial charge is 0.389 e. The number of halogens is 5. The van der Waals surface area contributed by atoms with E-state index in [9.17, 15) is 24.5 Å². The molecule has 1 aromatic heterocycles. The first kappa shape index (κ1) is 19.2. The van der Waals surface area contributed by atoms with Crippen molar-refractivity contribution in [3.8, 4) is 4.90 Å². The highest BCUT2D eigenvalue weighted by molar-refractivity contribution is 8.45. The normalized spacial score (nSPS) is 16.8. The lowest BCUT2D eigenvalue weighted by atomic mass is 10.1. The maximum absolute atomic E-state index is 13.3. The van der Waals surface area contributed by atoms with Gasteiger partial charge in [0.25, 0.3) is 0 Å². The Morgan fingerprint density at radius 1 is 0.786 bits per heavy atom. The second kappa shape index (κ2) is 5.46. The quantitative estimate of drug-likeness (QED) is 0.255. The fourth-order valence-electron chi connectivity index (χ4n) is 3.28. The molecule has 0 spiro atoms. The van der Waals surface area contributed by atoms with E-state index in [1.165, 1.54) is 6.07 Å². The van der Waals surface area contributed by atoms with Gasteiger partial charge in [-0.05, 0) is 48.9 Å². The van der Waals surface area contributed by atoms with Gasteiger partial charge in [-0.2, -0.15) is 0 Å². The summed E-state index contributed by atoms with van der Waals surface area (Å²) >= 11 is 0. The number of fused-ring (bicyclic) bond motifs is 3. The second-order valence-electron chi connectivity index (χ2n) is 6.68. The zero-order valence-corrected chi connectivity index (χ0v) is 16.2. The summed E-state index contributed by atoms with van der Waals surface area (Å²) in [6.45, 7) is 1.63. The van der Waals surface area contributed by atoms with Crippen molar-refractivity contribution in [2.45, 2.75) is 17.9 Å². The van der Waals surface area contributed by atoms with Gasteiger partial charge < -0.3 is 5.11 Å². The van der Waals surface area contributed by atoms with Crippen LogP contribution in [0.2, 0.25) is 0 Å². The Morgan fingerprint density at radius 2 is 1.46 bits per heavy atom. The summed E-state index contributed by atoms with van der Waals surface area (Å²) in [6.07, 6.45) is -0.698. The van der Waals surface area contributed by atoms with E-state index in [-0.39, 0.29) is 4.90 Å².